The van der Waals surface area contributed by atoms with Crippen LogP contribution in [0.1, 0.15) is 26.3 Å². The highest BCUT2D eigenvalue weighted by atomic mass is 35.5. The molecule has 2 amide bonds. The number of rotatable bonds is 6. The lowest BCUT2D eigenvalue weighted by Gasteiger charge is -2.26. The van der Waals surface area contributed by atoms with Crippen molar-refractivity contribution in [2.75, 3.05) is 23.5 Å². The van der Waals surface area contributed by atoms with Gasteiger partial charge in [0.25, 0.3) is 5.91 Å². The highest BCUT2D eigenvalue weighted by Crippen LogP contribution is 2.42. The molecule has 9 nitrogen and oxygen atoms in total. The number of carbonyl (C=O) groups is 2. The van der Waals surface area contributed by atoms with Crippen molar-refractivity contribution in [3.8, 4) is 5.75 Å². The molecule has 1 N–H and O–H groups in total. The number of amidine groups is 1. The average molecular weight is 580 g/mol. The maximum Gasteiger partial charge on any atom is 0.408 e. The molecule has 0 radical (unpaired) electrons. The van der Waals surface area contributed by atoms with Crippen LogP contribution in [-0.4, -0.2) is 67.1 Å². The number of fused-ring (bicyclic) bond motifs is 1. The number of hydrogen-bond acceptors (Lipinski definition) is 7. The highest BCUT2D eigenvalue weighted by molar-refractivity contribution is 8.16. The Bertz CT molecular complexity index is 1340. The summed E-state index contributed by atoms with van der Waals surface area (Å²) in [5, 5.41) is 3.06. The topological polar surface area (TPSA) is 114 Å². The molecular weight excluding hydrogens is 550 g/mol. The SMILES string of the molecule is COc1ccc(N2C(=NC(=O)[C@@H](Cc3ccccc3)NC(=O)OC(C)(C)C)S[C@H]3CS(=O)(=O)C[C@H]32)cc1Cl. The quantitative estimate of drug-likeness (QED) is 0.544. The van der Waals surface area contributed by atoms with Gasteiger partial charge in [-0.15, -0.1) is 0 Å². The van der Waals surface area contributed by atoms with Gasteiger partial charge in [-0.2, -0.15) is 4.99 Å². The van der Waals surface area contributed by atoms with Crippen LogP contribution in [0.3, 0.4) is 0 Å². The van der Waals surface area contributed by atoms with Gasteiger partial charge in [-0.3, -0.25) is 4.79 Å². The second-order valence-corrected chi connectivity index (χ2v) is 13.9. The molecule has 0 bridgehead atoms. The largest absolute Gasteiger partial charge is 0.495 e. The molecule has 2 heterocycles. The first-order chi connectivity index (χ1) is 17.8. The zero-order valence-corrected chi connectivity index (χ0v) is 23.9. The summed E-state index contributed by atoms with van der Waals surface area (Å²) in [6.07, 6.45) is -0.525. The van der Waals surface area contributed by atoms with Crippen molar-refractivity contribution in [2.45, 2.75) is 50.1 Å². The van der Waals surface area contributed by atoms with Crippen LogP contribution in [0.15, 0.2) is 53.5 Å². The smallest absolute Gasteiger partial charge is 0.408 e. The van der Waals surface area contributed by atoms with Gasteiger partial charge < -0.3 is 19.7 Å². The van der Waals surface area contributed by atoms with E-state index in [1.807, 2.05) is 30.3 Å². The number of amides is 2. The average Bonchev–Trinajstić information content (AvgIpc) is 3.28. The van der Waals surface area contributed by atoms with Gasteiger partial charge in [0.1, 0.15) is 17.4 Å². The van der Waals surface area contributed by atoms with Gasteiger partial charge in [0.15, 0.2) is 15.0 Å². The van der Waals surface area contributed by atoms with Gasteiger partial charge in [0, 0.05) is 17.4 Å². The lowest BCUT2D eigenvalue weighted by atomic mass is 10.1. The molecular formula is C26H30ClN3O6S2. The molecule has 2 aliphatic heterocycles. The van der Waals surface area contributed by atoms with Crippen molar-refractivity contribution in [3.63, 3.8) is 0 Å². The summed E-state index contributed by atoms with van der Waals surface area (Å²) in [6, 6.07) is 13.0. The predicted octanol–water partition coefficient (Wildman–Crippen LogP) is 4.09. The molecule has 0 spiro atoms. The number of nitrogens with one attached hydrogen (secondary N) is 1. The van der Waals surface area contributed by atoms with Crippen LogP contribution in [0.4, 0.5) is 10.5 Å². The molecule has 0 aromatic heterocycles. The lowest BCUT2D eigenvalue weighted by molar-refractivity contribution is -0.119. The molecule has 38 heavy (non-hydrogen) atoms. The van der Waals surface area contributed by atoms with E-state index in [1.165, 1.54) is 18.9 Å². The molecule has 2 fully saturated rings. The van der Waals surface area contributed by atoms with E-state index in [-0.39, 0.29) is 23.2 Å². The van der Waals surface area contributed by atoms with Crippen LogP contribution in [0.5, 0.6) is 5.75 Å². The summed E-state index contributed by atoms with van der Waals surface area (Å²) in [4.78, 5) is 32.3. The summed E-state index contributed by atoms with van der Waals surface area (Å²) in [5.74, 6) is -0.184. The van der Waals surface area contributed by atoms with Gasteiger partial charge >= 0.3 is 6.09 Å². The zero-order valence-electron chi connectivity index (χ0n) is 21.5. The van der Waals surface area contributed by atoms with E-state index >= 15 is 0 Å². The Hall–Kier alpha value is -2.76. The van der Waals surface area contributed by atoms with E-state index in [0.29, 0.717) is 21.6 Å². The Balaban J connectivity index is 1.67. The van der Waals surface area contributed by atoms with Crippen LogP contribution >= 0.6 is 23.4 Å². The first-order valence-electron chi connectivity index (χ1n) is 12.0. The van der Waals surface area contributed by atoms with Gasteiger partial charge in [-0.05, 0) is 44.5 Å². The van der Waals surface area contributed by atoms with Crippen LogP contribution in [0, 0.1) is 0 Å². The molecule has 204 valence electrons. The number of anilines is 1. The third-order valence-corrected chi connectivity index (χ3v) is 9.46. The Morgan fingerprint density at radius 2 is 1.89 bits per heavy atom. The first kappa shape index (κ1) is 28.3. The molecule has 2 aromatic carbocycles. The number of aliphatic imine (C=N–C) groups is 1. The number of nitrogens with zero attached hydrogens (tertiary/aromatic N) is 2. The summed E-state index contributed by atoms with van der Waals surface area (Å²) >= 11 is 7.61. The highest BCUT2D eigenvalue weighted by Gasteiger charge is 2.49. The van der Waals surface area contributed by atoms with E-state index in [2.05, 4.69) is 10.3 Å². The third-order valence-electron chi connectivity index (χ3n) is 5.96. The van der Waals surface area contributed by atoms with Crippen LogP contribution in [0.2, 0.25) is 5.02 Å². The standard InChI is InChI=1S/C26H30ClN3O6S2/c1-26(2,3)36-25(32)28-19(12-16-8-6-5-7-9-16)23(31)29-24-30(17-10-11-21(35-4)18(27)13-17)20-14-38(33,34)15-22(20)37-24/h5-11,13,19-20,22H,12,14-15H2,1-4H3,(H,28,32)/t19-,20-,22+/m1/s1. The molecule has 12 heteroatoms. The lowest BCUT2D eigenvalue weighted by Crippen LogP contribution is -2.45. The Morgan fingerprint density at radius 1 is 1.18 bits per heavy atom. The monoisotopic (exact) mass is 579 g/mol. The first-order valence-corrected chi connectivity index (χ1v) is 15.1. The minimum Gasteiger partial charge on any atom is -0.495 e. The van der Waals surface area contributed by atoms with E-state index in [4.69, 9.17) is 21.1 Å². The minimum absolute atomic E-state index is 0.0144. The normalized spacial score (nSPS) is 22.1. The predicted molar refractivity (Wildman–Crippen MR) is 150 cm³/mol. The summed E-state index contributed by atoms with van der Waals surface area (Å²) < 4.78 is 35.4. The van der Waals surface area contributed by atoms with Crippen LogP contribution in [0.25, 0.3) is 0 Å². The number of benzene rings is 2. The number of methoxy groups -OCH3 is 1. The van der Waals surface area contributed by atoms with Gasteiger partial charge in [-0.1, -0.05) is 53.7 Å². The van der Waals surface area contributed by atoms with Crippen LogP contribution < -0.4 is 15.0 Å². The molecule has 2 aliphatic rings. The van der Waals surface area contributed by atoms with Crippen molar-refractivity contribution >= 4 is 56.1 Å². The van der Waals surface area contributed by atoms with Gasteiger partial charge in [-0.25, -0.2) is 13.2 Å². The Kier molecular flexibility index (Phi) is 8.29. The van der Waals surface area contributed by atoms with Crippen molar-refractivity contribution < 1.29 is 27.5 Å². The Morgan fingerprint density at radius 3 is 2.53 bits per heavy atom. The minimum atomic E-state index is -3.25. The molecule has 0 unspecified atom stereocenters. The van der Waals surface area contributed by atoms with Crippen LogP contribution in [-0.2, 0) is 25.8 Å². The van der Waals surface area contributed by atoms with E-state index in [9.17, 15) is 18.0 Å². The zero-order chi connectivity index (χ0) is 27.7. The number of hydrogen-bond donors (Lipinski definition) is 1. The van der Waals surface area contributed by atoms with E-state index in [1.54, 1.807) is 43.9 Å². The van der Waals surface area contributed by atoms with Crippen molar-refractivity contribution in [2.24, 2.45) is 4.99 Å². The molecule has 0 saturated carbocycles. The maximum absolute atomic E-state index is 13.5. The number of sulfone groups is 1. The summed E-state index contributed by atoms with van der Waals surface area (Å²) in [5.41, 5.74) is 0.687. The van der Waals surface area contributed by atoms with Crippen molar-refractivity contribution in [3.05, 3.63) is 59.1 Å². The van der Waals surface area contributed by atoms with Gasteiger partial charge in [0.05, 0.1) is 29.7 Å². The molecule has 4 rings (SSSR count). The molecule has 2 saturated heterocycles. The number of alkyl carbamates (subject to hydrolysis) is 1. The fourth-order valence-corrected chi connectivity index (χ4v) is 8.51. The fraction of sp³-hybridized carbons (Fsp3) is 0.423. The van der Waals surface area contributed by atoms with Crippen molar-refractivity contribution in [1.82, 2.24) is 5.32 Å². The summed E-state index contributed by atoms with van der Waals surface area (Å²) in [7, 11) is -1.74. The van der Waals surface area contributed by atoms with E-state index < -0.39 is 39.5 Å². The second kappa shape index (κ2) is 11.2. The third kappa shape index (κ3) is 6.81. The number of halogens is 1. The number of thioether (sulfide) groups is 1. The molecule has 0 aliphatic carbocycles. The van der Waals surface area contributed by atoms with Crippen molar-refractivity contribution in [1.29, 1.82) is 0 Å². The molecule has 3 atom stereocenters. The summed E-state index contributed by atoms with van der Waals surface area (Å²) in [6.45, 7) is 5.21. The second-order valence-electron chi connectivity index (χ2n) is 10.1. The molecule has 2 aromatic rings. The number of ether oxygens (including phenoxy) is 2. The Labute approximate surface area is 231 Å². The maximum atomic E-state index is 13.5. The van der Waals surface area contributed by atoms with E-state index in [0.717, 1.165) is 5.56 Å². The fourth-order valence-electron chi connectivity index (χ4n) is 4.34. The number of carbonyl (C=O) groups excluding carboxylic acids is 2. The van der Waals surface area contributed by atoms with Gasteiger partial charge in [0.2, 0.25) is 0 Å².